The third-order valence-electron chi connectivity index (χ3n) is 13.6. The number of rotatable bonds is 5. The van der Waals surface area contributed by atoms with Gasteiger partial charge in [0.25, 0.3) is 0 Å². The van der Waals surface area contributed by atoms with Gasteiger partial charge in [-0.3, -0.25) is 0 Å². The maximum absolute atomic E-state index is 9.95. The molecule has 4 bridgehead atoms. The van der Waals surface area contributed by atoms with Crippen molar-refractivity contribution in [3.8, 4) is 40.2 Å². The van der Waals surface area contributed by atoms with Crippen molar-refractivity contribution in [1.82, 2.24) is 15.0 Å². The van der Waals surface area contributed by atoms with Gasteiger partial charge in [0.1, 0.15) is 0 Å². The van der Waals surface area contributed by atoms with E-state index in [-0.39, 0.29) is 10.8 Å². The fourth-order valence-corrected chi connectivity index (χ4v) is 12.5. The zero-order valence-corrected chi connectivity index (χ0v) is 31.4. The van der Waals surface area contributed by atoms with Crippen LogP contribution in [-0.2, 0) is 10.8 Å². The Hall–Kier alpha value is -4.36. The molecule has 9 rings (SSSR count). The highest BCUT2D eigenvalue weighted by atomic mass is 15.0. The highest BCUT2D eigenvalue weighted by molar-refractivity contribution is 5.91. The number of hydrogen-bond acceptors (Lipinski definition) is 4. The molecular formula is C48H52N4. The number of nitriles is 1. The molecule has 4 fully saturated rings. The van der Waals surface area contributed by atoms with Crippen molar-refractivity contribution in [3.63, 3.8) is 0 Å². The largest absolute Gasteiger partial charge is 0.208 e. The quantitative estimate of drug-likeness (QED) is 0.185. The first kappa shape index (κ1) is 33.5. The summed E-state index contributed by atoms with van der Waals surface area (Å²) in [7, 11) is 0. The van der Waals surface area contributed by atoms with Crippen molar-refractivity contribution in [2.75, 3.05) is 0 Å². The third-order valence-corrected chi connectivity index (χ3v) is 13.6. The van der Waals surface area contributed by atoms with Crippen molar-refractivity contribution in [1.29, 1.82) is 5.26 Å². The van der Waals surface area contributed by atoms with Gasteiger partial charge in [-0.15, -0.1) is 0 Å². The molecule has 0 aliphatic heterocycles. The molecule has 5 aromatic rings. The highest BCUT2D eigenvalue weighted by Crippen LogP contribution is 2.56. The van der Waals surface area contributed by atoms with Gasteiger partial charge in [-0.05, 0) is 139 Å². The molecule has 1 heterocycles. The lowest BCUT2D eigenvalue weighted by Gasteiger charge is -2.51. The van der Waals surface area contributed by atoms with Crippen LogP contribution in [0, 0.1) is 46.8 Å². The van der Waals surface area contributed by atoms with Gasteiger partial charge in [-0.25, -0.2) is 15.0 Å². The Balaban J connectivity index is 1.18. The number of hydrogen-bond donors (Lipinski definition) is 0. The van der Waals surface area contributed by atoms with E-state index in [0.29, 0.717) is 29.0 Å². The summed E-state index contributed by atoms with van der Waals surface area (Å²) in [6.07, 6.45) is 13.0. The van der Waals surface area contributed by atoms with Gasteiger partial charge in [0, 0.05) is 22.1 Å². The molecule has 4 aliphatic carbocycles. The summed E-state index contributed by atoms with van der Waals surface area (Å²) in [6.45, 7) is 9.84. The van der Waals surface area contributed by atoms with Crippen LogP contribution in [-0.4, -0.2) is 15.0 Å². The second kappa shape index (κ2) is 12.9. The van der Waals surface area contributed by atoms with Crippen LogP contribution in [0.5, 0.6) is 0 Å². The smallest absolute Gasteiger partial charge is 0.164 e. The Morgan fingerprint density at radius 2 is 1.12 bits per heavy atom. The van der Waals surface area contributed by atoms with E-state index in [4.69, 9.17) is 15.0 Å². The zero-order chi connectivity index (χ0) is 35.6. The summed E-state index contributed by atoms with van der Waals surface area (Å²) in [5.74, 6) is 6.72. The molecule has 0 radical (unpaired) electrons. The standard InChI is InChI=1S/C48H52N4/c1-30-18-34-19-31(2)24-47(23-30,27-34)40-16-14-37(15-17-40)44-50-45(38-13-12-36-8-7-9-39(29-49)42(36)22-38)52-46(51-44)41-10-5-6-11-43(41)48-25-32(3)20-35(28-48)21-33(4)26-48/h5-17,22,30-35H,18-21,23-28H2,1-4H3/t30-,31+,32-,33+,34-,35-,47?,48?. The first-order chi connectivity index (χ1) is 25.2. The molecular weight excluding hydrogens is 633 g/mol. The zero-order valence-electron chi connectivity index (χ0n) is 31.4. The van der Waals surface area contributed by atoms with Crippen LogP contribution >= 0.6 is 0 Å². The first-order valence-corrected chi connectivity index (χ1v) is 20.1. The summed E-state index contributed by atoms with van der Waals surface area (Å²) in [4.78, 5) is 15.9. The van der Waals surface area contributed by atoms with Crippen LogP contribution in [0.1, 0.15) is 109 Å². The van der Waals surface area contributed by atoms with Crippen molar-refractivity contribution >= 4 is 10.8 Å². The molecule has 4 aliphatic rings. The SMILES string of the molecule is C[C@@H]1C[C@@H]2C[C@H](C)CC(c3ccc(-c4nc(-c5ccc6cccc(C#N)c6c5)nc(-c5ccccc5C56C[C@H](C)C[C@H](C[C@H](C)C5)C6)n4)cc3)(C1)C2. The molecule has 52 heavy (non-hydrogen) atoms. The van der Waals surface area contributed by atoms with Crippen LogP contribution in [0.15, 0.2) is 84.9 Å². The molecule has 4 nitrogen and oxygen atoms in total. The maximum atomic E-state index is 9.95. The van der Waals surface area contributed by atoms with Crippen LogP contribution in [0.4, 0.5) is 0 Å². The Morgan fingerprint density at radius 3 is 1.77 bits per heavy atom. The molecule has 2 unspecified atom stereocenters. The van der Waals surface area contributed by atoms with Crippen LogP contribution in [0.25, 0.3) is 44.9 Å². The van der Waals surface area contributed by atoms with E-state index in [2.05, 4.69) is 107 Å². The first-order valence-electron chi connectivity index (χ1n) is 20.1. The van der Waals surface area contributed by atoms with Gasteiger partial charge in [0.15, 0.2) is 17.5 Å². The van der Waals surface area contributed by atoms with Crippen molar-refractivity contribution < 1.29 is 0 Å². The van der Waals surface area contributed by atoms with E-state index in [0.717, 1.165) is 57.0 Å². The third kappa shape index (κ3) is 5.95. The molecule has 264 valence electrons. The lowest BCUT2D eigenvalue weighted by atomic mass is 9.54. The fourth-order valence-electron chi connectivity index (χ4n) is 12.5. The van der Waals surface area contributed by atoms with E-state index >= 15 is 0 Å². The molecule has 1 aromatic heterocycles. The average molecular weight is 685 g/mol. The fraction of sp³-hybridized carbons (Fsp3) is 0.458. The lowest BCUT2D eigenvalue weighted by Crippen LogP contribution is -2.42. The van der Waals surface area contributed by atoms with Gasteiger partial charge in [-0.1, -0.05) is 100 Å². The van der Waals surface area contributed by atoms with Crippen molar-refractivity contribution in [2.24, 2.45) is 35.5 Å². The molecule has 0 spiro atoms. The minimum atomic E-state index is 0.140. The van der Waals surface area contributed by atoms with Gasteiger partial charge < -0.3 is 0 Å². The Kier molecular flexibility index (Phi) is 8.33. The van der Waals surface area contributed by atoms with E-state index in [1.165, 1.54) is 75.3 Å². The second-order valence-electron chi connectivity index (χ2n) is 18.2. The van der Waals surface area contributed by atoms with Gasteiger partial charge in [0.05, 0.1) is 11.6 Å². The number of benzene rings is 4. The number of aromatic nitrogens is 3. The topological polar surface area (TPSA) is 62.5 Å². The Morgan fingerprint density at radius 1 is 0.558 bits per heavy atom. The van der Waals surface area contributed by atoms with Crippen molar-refractivity contribution in [3.05, 3.63) is 102 Å². The summed E-state index contributed by atoms with van der Waals surface area (Å²) >= 11 is 0. The normalized spacial score (nSPS) is 31.2. The van der Waals surface area contributed by atoms with Gasteiger partial charge in [-0.2, -0.15) is 5.26 Å². The van der Waals surface area contributed by atoms with E-state index in [9.17, 15) is 5.26 Å². The molecule has 8 atom stereocenters. The number of fused-ring (bicyclic) bond motifs is 5. The highest BCUT2D eigenvalue weighted by Gasteiger charge is 2.47. The van der Waals surface area contributed by atoms with Crippen LogP contribution < -0.4 is 0 Å². The minimum Gasteiger partial charge on any atom is -0.208 e. The molecule has 0 N–H and O–H groups in total. The van der Waals surface area contributed by atoms with E-state index in [1.54, 1.807) is 0 Å². The monoisotopic (exact) mass is 684 g/mol. The molecule has 4 heteroatoms. The van der Waals surface area contributed by atoms with Crippen LogP contribution in [0.2, 0.25) is 0 Å². The molecule has 0 amide bonds. The van der Waals surface area contributed by atoms with Crippen LogP contribution in [0.3, 0.4) is 0 Å². The summed E-state index contributed by atoms with van der Waals surface area (Å²) in [5, 5.41) is 11.9. The maximum Gasteiger partial charge on any atom is 0.164 e. The minimum absolute atomic E-state index is 0.140. The molecule has 0 saturated heterocycles. The molecule has 4 aromatic carbocycles. The second-order valence-corrected chi connectivity index (χ2v) is 18.2. The summed E-state index contributed by atoms with van der Waals surface area (Å²) in [5.41, 5.74) is 7.06. The van der Waals surface area contributed by atoms with Crippen molar-refractivity contribution in [2.45, 2.75) is 103 Å². The van der Waals surface area contributed by atoms with E-state index in [1.807, 2.05) is 12.1 Å². The van der Waals surface area contributed by atoms with E-state index < -0.39 is 0 Å². The van der Waals surface area contributed by atoms with Gasteiger partial charge >= 0.3 is 0 Å². The summed E-state index contributed by atoms with van der Waals surface area (Å²) < 4.78 is 0. The lowest BCUT2D eigenvalue weighted by molar-refractivity contribution is 0.0780. The van der Waals surface area contributed by atoms with Gasteiger partial charge in [0.2, 0.25) is 0 Å². The Labute approximate surface area is 310 Å². The number of nitrogens with zero attached hydrogens (tertiary/aromatic N) is 4. The predicted molar refractivity (Wildman–Crippen MR) is 212 cm³/mol. The average Bonchev–Trinajstić information content (AvgIpc) is 3.13. The summed E-state index contributed by atoms with van der Waals surface area (Å²) in [6, 6.07) is 32.9. The predicted octanol–water partition coefficient (Wildman–Crippen LogP) is 12.1. The Bertz CT molecular complexity index is 2140. The molecule has 4 saturated carbocycles.